The van der Waals surface area contributed by atoms with E-state index >= 15 is 0 Å². The van der Waals surface area contributed by atoms with E-state index in [1.54, 1.807) is 12.4 Å². The number of rotatable bonds is 4. The van der Waals surface area contributed by atoms with Crippen molar-refractivity contribution in [3.63, 3.8) is 0 Å². The Morgan fingerprint density at radius 3 is 2.84 bits per heavy atom. The zero-order valence-electron chi connectivity index (χ0n) is 11.6. The van der Waals surface area contributed by atoms with Crippen molar-refractivity contribution in [2.45, 2.75) is 57.0 Å². The molecule has 0 saturated heterocycles. The molecule has 0 spiro atoms. The van der Waals surface area contributed by atoms with Gasteiger partial charge < -0.3 is 11.1 Å². The molecule has 2 rings (SSSR count). The second-order valence-electron chi connectivity index (χ2n) is 5.68. The third-order valence-electron chi connectivity index (χ3n) is 3.92. The number of nitrogens with two attached hydrogens (primary N) is 1. The number of hydrogen-bond donors (Lipinski definition) is 2. The van der Waals surface area contributed by atoms with E-state index in [1.807, 2.05) is 19.1 Å². The topological polar surface area (TPSA) is 68.0 Å². The fourth-order valence-corrected chi connectivity index (χ4v) is 2.76. The Morgan fingerprint density at radius 2 is 2.21 bits per heavy atom. The molecule has 1 heterocycles. The van der Waals surface area contributed by atoms with Gasteiger partial charge in [-0.05, 0) is 31.4 Å². The van der Waals surface area contributed by atoms with E-state index in [1.165, 1.54) is 6.42 Å². The number of hydrogen-bond acceptors (Lipinski definition) is 3. The summed E-state index contributed by atoms with van der Waals surface area (Å²) in [6.07, 6.45) is 9.39. The van der Waals surface area contributed by atoms with Crippen LogP contribution in [0.5, 0.6) is 0 Å². The quantitative estimate of drug-likeness (QED) is 0.874. The van der Waals surface area contributed by atoms with Crippen LogP contribution in [0.1, 0.15) is 57.1 Å². The number of aromatic nitrogens is 1. The van der Waals surface area contributed by atoms with Crippen molar-refractivity contribution >= 4 is 5.91 Å². The van der Waals surface area contributed by atoms with Gasteiger partial charge in [-0.3, -0.25) is 9.78 Å². The van der Waals surface area contributed by atoms with Crippen LogP contribution in [0.15, 0.2) is 24.5 Å². The molecule has 19 heavy (non-hydrogen) atoms. The molecule has 4 nitrogen and oxygen atoms in total. The van der Waals surface area contributed by atoms with E-state index in [0.29, 0.717) is 6.42 Å². The van der Waals surface area contributed by atoms with Gasteiger partial charge in [-0.15, -0.1) is 0 Å². The predicted octanol–water partition coefficient (Wildman–Crippen LogP) is 2.31. The van der Waals surface area contributed by atoms with E-state index < -0.39 is 0 Å². The maximum atomic E-state index is 12.1. The van der Waals surface area contributed by atoms with Gasteiger partial charge in [0, 0.05) is 24.4 Å². The van der Waals surface area contributed by atoms with Gasteiger partial charge in [-0.1, -0.05) is 25.3 Å². The maximum absolute atomic E-state index is 12.1. The standard InChI is InChI=1S/C15H23N3O/c1-12(13-6-5-9-17-11-13)18-14(19)10-15(16)7-3-2-4-8-15/h5-6,9,11-12H,2-4,7-8,10,16H2,1H3,(H,18,19). The van der Waals surface area contributed by atoms with Crippen LogP contribution in [-0.4, -0.2) is 16.4 Å². The van der Waals surface area contributed by atoms with Gasteiger partial charge in [0.05, 0.1) is 6.04 Å². The average Bonchev–Trinajstić information content (AvgIpc) is 2.39. The average molecular weight is 261 g/mol. The predicted molar refractivity (Wildman–Crippen MR) is 75.4 cm³/mol. The molecule has 1 fully saturated rings. The molecule has 0 aliphatic heterocycles. The summed E-state index contributed by atoms with van der Waals surface area (Å²) in [5.41, 5.74) is 7.03. The monoisotopic (exact) mass is 261 g/mol. The van der Waals surface area contributed by atoms with Gasteiger partial charge >= 0.3 is 0 Å². The van der Waals surface area contributed by atoms with Crippen molar-refractivity contribution in [2.75, 3.05) is 0 Å². The lowest BCUT2D eigenvalue weighted by molar-refractivity contribution is -0.123. The summed E-state index contributed by atoms with van der Waals surface area (Å²) in [5.74, 6) is 0.0424. The lowest BCUT2D eigenvalue weighted by Gasteiger charge is -2.33. The Balaban J connectivity index is 1.87. The van der Waals surface area contributed by atoms with E-state index in [0.717, 1.165) is 31.2 Å². The molecule has 1 aromatic heterocycles. The number of nitrogens with one attached hydrogen (secondary N) is 1. The minimum absolute atomic E-state index is 0.0200. The Kier molecular flexibility index (Phi) is 4.53. The fourth-order valence-electron chi connectivity index (χ4n) is 2.76. The van der Waals surface area contributed by atoms with E-state index in [-0.39, 0.29) is 17.5 Å². The third-order valence-corrected chi connectivity index (χ3v) is 3.92. The number of pyridine rings is 1. The summed E-state index contributed by atoms with van der Waals surface area (Å²) >= 11 is 0. The molecule has 1 aromatic rings. The van der Waals surface area contributed by atoms with Crippen molar-refractivity contribution in [1.29, 1.82) is 0 Å². The highest BCUT2D eigenvalue weighted by Gasteiger charge is 2.30. The molecule has 1 amide bonds. The van der Waals surface area contributed by atoms with Crippen molar-refractivity contribution in [2.24, 2.45) is 5.73 Å². The summed E-state index contributed by atoms with van der Waals surface area (Å²) in [5, 5.41) is 3.01. The second kappa shape index (κ2) is 6.15. The first-order valence-electron chi connectivity index (χ1n) is 7.07. The van der Waals surface area contributed by atoms with Gasteiger partial charge in [0.15, 0.2) is 0 Å². The number of amides is 1. The number of nitrogens with zero attached hydrogens (tertiary/aromatic N) is 1. The van der Waals surface area contributed by atoms with Crippen LogP contribution in [0.3, 0.4) is 0 Å². The Labute approximate surface area is 114 Å². The van der Waals surface area contributed by atoms with Crippen LogP contribution in [0.2, 0.25) is 0 Å². The largest absolute Gasteiger partial charge is 0.349 e. The molecule has 0 aromatic carbocycles. The molecular weight excluding hydrogens is 238 g/mol. The molecule has 3 N–H and O–H groups in total. The second-order valence-corrected chi connectivity index (χ2v) is 5.68. The third kappa shape index (κ3) is 4.03. The van der Waals surface area contributed by atoms with Crippen LogP contribution in [0, 0.1) is 0 Å². The molecule has 104 valence electrons. The molecule has 1 aliphatic rings. The SMILES string of the molecule is CC(NC(=O)CC1(N)CCCCC1)c1cccnc1. The van der Waals surface area contributed by atoms with Gasteiger partial charge in [0.2, 0.25) is 5.91 Å². The van der Waals surface area contributed by atoms with Crippen molar-refractivity contribution in [3.8, 4) is 0 Å². The molecule has 1 aliphatic carbocycles. The van der Waals surface area contributed by atoms with Crippen LogP contribution in [0.4, 0.5) is 0 Å². The maximum Gasteiger partial charge on any atom is 0.222 e. The highest BCUT2D eigenvalue weighted by molar-refractivity contribution is 5.77. The Bertz CT molecular complexity index is 413. The Morgan fingerprint density at radius 1 is 1.47 bits per heavy atom. The molecule has 0 bridgehead atoms. The van der Waals surface area contributed by atoms with Gasteiger partial charge in [0.25, 0.3) is 0 Å². The summed E-state index contributed by atoms with van der Waals surface area (Å²) in [7, 11) is 0. The summed E-state index contributed by atoms with van der Waals surface area (Å²) in [4.78, 5) is 16.2. The smallest absolute Gasteiger partial charge is 0.222 e. The highest BCUT2D eigenvalue weighted by atomic mass is 16.1. The van der Waals surface area contributed by atoms with E-state index in [2.05, 4.69) is 10.3 Å². The van der Waals surface area contributed by atoms with E-state index in [9.17, 15) is 4.79 Å². The Hall–Kier alpha value is -1.42. The minimum atomic E-state index is -0.295. The molecule has 1 unspecified atom stereocenters. The number of carbonyl (C=O) groups excluding carboxylic acids is 1. The van der Waals surface area contributed by atoms with Crippen molar-refractivity contribution in [1.82, 2.24) is 10.3 Å². The molecular formula is C15H23N3O. The van der Waals surface area contributed by atoms with Crippen LogP contribution in [0.25, 0.3) is 0 Å². The zero-order chi connectivity index (χ0) is 13.7. The van der Waals surface area contributed by atoms with E-state index in [4.69, 9.17) is 5.73 Å². The minimum Gasteiger partial charge on any atom is -0.349 e. The summed E-state index contributed by atoms with van der Waals surface area (Å²) in [6.45, 7) is 1.97. The van der Waals surface area contributed by atoms with Gasteiger partial charge in [0.1, 0.15) is 0 Å². The van der Waals surface area contributed by atoms with Gasteiger partial charge in [-0.25, -0.2) is 0 Å². The highest BCUT2D eigenvalue weighted by Crippen LogP contribution is 2.28. The molecule has 1 atom stereocenters. The molecule has 0 radical (unpaired) electrons. The summed E-state index contributed by atoms with van der Waals surface area (Å²) in [6, 6.07) is 3.83. The zero-order valence-corrected chi connectivity index (χ0v) is 11.6. The molecule has 1 saturated carbocycles. The lowest BCUT2D eigenvalue weighted by Crippen LogP contribution is -2.46. The van der Waals surface area contributed by atoms with Crippen LogP contribution < -0.4 is 11.1 Å². The first-order valence-corrected chi connectivity index (χ1v) is 7.07. The fraction of sp³-hybridized carbons (Fsp3) is 0.600. The molecule has 4 heteroatoms. The summed E-state index contributed by atoms with van der Waals surface area (Å²) < 4.78 is 0. The lowest BCUT2D eigenvalue weighted by atomic mass is 9.80. The van der Waals surface area contributed by atoms with Crippen molar-refractivity contribution < 1.29 is 4.79 Å². The normalized spacial score (nSPS) is 19.7. The first kappa shape index (κ1) is 14.0. The number of carbonyl (C=O) groups is 1. The van der Waals surface area contributed by atoms with Crippen LogP contribution >= 0.6 is 0 Å². The van der Waals surface area contributed by atoms with Crippen LogP contribution in [-0.2, 0) is 4.79 Å². The van der Waals surface area contributed by atoms with Gasteiger partial charge in [-0.2, -0.15) is 0 Å². The van der Waals surface area contributed by atoms with Crippen molar-refractivity contribution in [3.05, 3.63) is 30.1 Å². The first-order chi connectivity index (χ1) is 9.09.